The number of fused-ring (bicyclic) bond motifs is 1. The molecular weight excluding hydrogens is 360 g/mol. The Kier molecular flexibility index (Phi) is 6.29. The molecule has 3 rings (SSSR count). The van der Waals surface area contributed by atoms with Crippen LogP contribution in [0.5, 0.6) is 5.75 Å². The average molecular weight is 381 g/mol. The quantitative estimate of drug-likeness (QED) is 0.546. The zero-order valence-electron chi connectivity index (χ0n) is 14.2. The van der Waals surface area contributed by atoms with Crippen molar-refractivity contribution in [2.24, 2.45) is 0 Å². The molecule has 0 N–H and O–H groups in total. The number of alkyl halides is 1. The van der Waals surface area contributed by atoms with Gasteiger partial charge < -0.3 is 14.4 Å². The number of carbonyl (C=O) groups is 1. The van der Waals surface area contributed by atoms with E-state index in [2.05, 4.69) is 0 Å². The van der Waals surface area contributed by atoms with E-state index in [9.17, 15) is 4.79 Å². The SMILES string of the molecule is COCC(=O)N1CCc2nc(-c3ccc(OCCCCl)cc3)sc2C1. The Morgan fingerprint density at radius 2 is 2.16 bits per heavy atom. The lowest BCUT2D eigenvalue weighted by Gasteiger charge is -2.25. The number of nitrogens with zero attached hydrogens (tertiary/aromatic N) is 2. The fourth-order valence-electron chi connectivity index (χ4n) is 2.68. The molecule has 0 bridgehead atoms. The second-order valence-corrected chi connectivity index (χ2v) is 7.26. The van der Waals surface area contributed by atoms with Gasteiger partial charge in [-0.25, -0.2) is 4.98 Å². The molecule has 0 saturated carbocycles. The minimum Gasteiger partial charge on any atom is -0.494 e. The zero-order chi connectivity index (χ0) is 17.6. The highest BCUT2D eigenvalue weighted by atomic mass is 35.5. The van der Waals surface area contributed by atoms with E-state index in [1.807, 2.05) is 29.2 Å². The summed E-state index contributed by atoms with van der Waals surface area (Å²) in [5.41, 5.74) is 2.17. The van der Waals surface area contributed by atoms with Crippen LogP contribution in [0.3, 0.4) is 0 Å². The van der Waals surface area contributed by atoms with Crippen molar-refractivity contribution >= 4 is 28.8 Å². The van der Waals surface area contributed by atoms with Crippen molar-refractivity contribution in [1.29, 1.82) is 0 Å². The Bertz CT molecular complexity index is 718. The molecule has 0 unspecified atom stereocenters. The van der Waals surface area contributed by atoms with Crippen molar-refractivity contribution in [3.8, 4) is 16.3 Å². The van der Waals surface area contributed by atoms with Crippen LogP contribution < -0.4 is 4.74 Å². The van der Waals surface area contributed by atoms with Gasteiger partial charge in [-0.3, -0.25) is 4.79 Å². The molecular formula is C18H21ClN2O3S. The average Bonchev–Trinajstić information content (AvgIpc) is 3.06. The summed E-state index contributed by atoms with van der Waals surface area (Å²) in [5, 5.41) is 0.985. The number of thiazole rings is 1. The number of ether oxygens (including phenoxy) is 2. The molecule has 1 aromatic carbocycles. The van der Waals surface area contributed by atoms with E-state index in [4.69, 9.17) is 26.1 Å². The van der Waals surface area contributed by atoms with Gasteiger partial charge in [0.15, 0.2) is 0 Å². The number of aromatic nitrogens is 1. The number of benzene rings is 1. The Morgan fingerprint density at radius 1 is 1.36 bits per heavy atom. The molecule has 0 spiro atoms. The summed E-state index contributed by atoms with van der Waals surface area (Å²) in [6, 6.07) is 7.96. The van der Waals surface area contributed by atoms with Crippen LogP contribution in [0.4, 0.5) is 0 Å². The van der Waals surface area contributed by atoms with Crippen LogP contribution in [0.2, 0.25) is 0 Å². The summed E-state index contributed by atoms with van der Waals surface area (Å²) in [7, 11) is 1.54. The maximum atomic E-state index is 12.0. The molecule has 0 atom stereocenters. The van der Waals surface area contributed by atoms with Gasteiger partial charge in [0.25, 0.3) is 0 Å². The molecule has 1 aromatic heterocycles. The van der Waals surface area contributed by atoms with Gasteiger partial charge in [0.2, 0.25) is 5.91 Å². The number of halogens is 1. The summed E-state index contributed by atoms with van der Waals surface area (Å²) in [4.78, 5) is 19.7. The van der Waals surface area contributed by atoms with Gasteiger partial charge in [0, 0.05) is 36.4 Å². The fraction of sp³-hybridized carbons (Fsp3) is 0.444. The molecule has 0 fully saturated rings. The number of hydrogen-bond donors (Lipinski definition) is 0. The summed E-state index contributed by atoms with van der Waals surface area (Å²) in [5.74, 6) is 1.47. The number of rotatable bonds is 7. The lowest BCUT2D eigenvalue weighted by Crippen LogP contribution is -2.37. The van der Waals surface area contributed by atoms with Crippen molar-refractivity contribution in [1.82, 2.24) is 9.88 Å². The van der Waals surface area contributed by atoms with Crippen LogP contribution >= 0.6 is 22.9 Å². The molecule has 5 nitrogen and oxygen atoms in total. The highest BCUT2D eigenvalue weighted by molar-refractivity contribution is 7.15. The van der Waals surface area contributed by atoms with Gasteiger partial charge in [-0.2, -0.15) is 0 Å². The molecule has 1 aliphatic heterocycles. The second kappa shape index (κ2) is 8.65. The first-order valence-electron chi connectivity index (χ1n) is 8.25. The zero-order valence-corrected chi connectivity index (χ0v) is 15.7. The number of carbonyl (C=O) groups excluding carboxylic acids is 1. The third-order valence-electron chi connectivity index (χ3n) is 4.00. The molecule has 2 heterocycles. The predicted molar refractivity (Wildman–Crippen MR) is 99.4 cm³/mol. The minimum atomic E-state index is 0.0292. The van der Waals surface area contributed by atoms with Crippen LogP contribution in [0.1, 0.15) is 17.0 Å². The number of hydrogen-bond acceptors (Lipinski definition) is 5. The van der Waals surface area contributed by atoms with Crippen molar-refractivity contribution in [2.75, 3.05) is 32.7 Å². The van der Waals surface area contributed by atoms with Crippen LogP contribution in [0.15, 0.2) is 24.3 Å². The third-order valence-corrected chi connectivity index (χ3v) is 5.40. The van der Waals surface area contributed by atoms with Crippen LogP contribution in [-0.4, -0.2) is 48.5 Å². The molecule has 0 radical (unpaired) electrons. The van der Waals surface area contributed by atoms with E-state index in [1.165, 1.54) is 0 Å². The maximum absolute atomic E-state index is 12.0. The van der Waals surface area contributed by atoms with Crippen LogP contribution in [-0.2, 0) is 22.5 Å². The topological polar surface area (TPSA) is 51.7 Å². The first-order chi connectivity index (χ1) is 12.2. The van der Waals surface area contributed by atoms with Gasteiger partial charge in [-0.05, 0) is 30.7 Å². The van der Waals surface area contributed by atoms with E-state index < -0.39 is 0 Å². The Morgan fingerprint density at radius 3 is 2.88 bits per heavy atom. The number of methoxy groups -OCH3 is 1. The Hall–Kier alpha value is -1.63. The van der Waals surface area contributed by atoms with Crippen molar-refractivity contribution in [3.05, 3.63) is 34.8 Å². The fourth-order valence-corrected chi connectivity index (χ4v) is 3.92. The first kappa shape index (κ1) is 18.2. The normalized spacial score (nSPS) is 13.6. The summed E-state index contributed by atoms with van der Waals surface area (Å²) in [6.07, 6.45) is 1.63. The molecule has 1 amide bonds. The summed E-state index contributed by atoms with van der Waals surface area (Å²) < 4.78 is 10.6. The predicted octanol–water partition coefficient (Wildman–Crippen LogP) is 3.35. The molecule has 7 heteroatoms. The van der Waals surface area contributed by atoms with Crippen LogP contribution in [0, 0.1) is 0 Å². The highest BCUT2D eigenvalue weighted by Gasteiger charge is 2.24. The van der Waals surface area contributed by atoms with Gasteiger partial charge in [0.05, 0.1) is 18.8 Å². The molecule has 134 valence electrons. The van der Waals surface area contributed by atoms with E-state index in [-0.39, 0.29) is 12.5 Å². The summed E-state index contributed by atoms with van der Waals surface area (Å²) in [6.45, 7) is 2.08. The van der Waals surface area contributed by atoms with E-state index in [1.54, 1.807) is 18.4 Å². The van der Waals surface area contributed by atoms with E-state index in [0.717, 1.165) is 39.7 Å². The van der Waals surface area contributed by atoms with Crippen molar-refractivity contribution < 1.29 is 14.3 Å². The van der Waals surface area contributed by atoms with Gasteiger partial charge in [-0.15, -0.1) is 22.9 Å². The monoisotopic (exact) mass is 380 g/mol. The lowest BCUT2D eigenvalue weighted by molar-refractivity contribution is -0.136. The number of amides is 1. The smallest absolute Gasteiger partial charge is 0.248 e. The molecule has 0 aliphatic carbocycles. The van der Waals surface area contributed by atoms with Gasteiger partial charge in [0.1, 0.15) is 17.4 Å². The Balaban J connectivity index is 1.68. The standard InChI is InChI=1S/C18H21ClN2O3S/c1-23-12-17(22)21-9-7-15-16(11-21)25-18(20-15)13-3-5-14(6-4-13)24-10-2-8-19/h3-6H,2,7-12H2,1H3. The second-order valence-electron chi connectivity index (χ2n) is 5.80. The van der Waals surface area contributed by atoms with Gasteiger partial charge >= 0.3 is 0 Å². The first-order valence-corrected chi connectivity index (χ1v) is 9.61. The highest BCUT2D eigenvalue weighted by Crippen LogP contribution is 2.32. The van der Waals surface area contributed by atoms with Crippen molar-refractivity contribution in [2.45, 2.75) is 19.4 Å². The molecule has 1 aliphatic rings. The molecule has 25 heavy (non-hydrogen) atoms. The lowest BCUT2D eigenvalue weighted by atomic mass is 10.1. The largest absolute Gasteiger partial charge is 0.494 e. The van der Waals surface area contributed by atoms with Gasteiger partial charge in [-0.1, -0.05) is 0 Å². The van der Waals surface area contributed by atoms with Crippen LogP contribution in [0.25, 0.3) is 10.6 Å². The molecule has 0 saturated heterocycles. The summed E-state index contributed by atoms with van der Waals surface area (Å²) >= 11 is 7.30. The van der Waals surface area contributed by atoms with E-state index in [0.29, 0.717) is 25.6 Å². The van der Waals surface area contributed by atoms with Crippen molar-refractivity contribution in [3.63, 3.8) is 0 Å². The maximum Gasteiger partial charge on any atom is 0.248 e. The minimum absolute atomic E-state index is 0.0292. The molecule has 2 aromatic rings. The van der Waals surface area contributed by atoms with E-state index >= 15 is 0 Å². The third kappa shape index (κ3) is 4.51. The Labute approximate surface area is 156 Å².